The number of hydrogen-bond acceptors (Lipinski definition) is 2. The van der Waals surface area contributed by atoms with E-state index in [0.717, 1.165) is 23.4 Å². The van der Waals surface area contributed by atoms with Crippen LogP contribution in [0.15, 0.2) is 65.1 Å². The largest absolute Gasteiger partial charge is 0.492 e. The molecule has 134 valence electrons. The van der Waals surface area contributed by atoms with Gasteiger partial charge in [0, 0.05) is 10.5 Å². The highest BCUT2D eigenvalue weighted by molar-refractivity contribution is 9.10. The topological polar surface area (TPSA) is 12.5 Å². The van der Waals surface area contributed by atoms with Crippen LogP contribution < -0.4 is 4.74 Å². The van der Waals surface area contributed by atoms with Crippen LogP contribution in [0.25, 0.3) is 21.9 Å². The van der Waals surface area contributed by atoms with Gasteiger partial charge in [-0.05, 0) is 72.1 Å². The van der Waals surface area contributed by atoms with Crippen molar-refractivity contribution in [1.29, 1.82) is 0 Å². The Morgan fingerprint density at radius 2 is 1.92 bits per heavy atom. The van der Waals surface area contributed by atoms with Gasteiger partial charge in [0.05, 0.1) is 0 Å². The lowest BCUT2D eigenvalue weighted by Gasteiger charge is -2.22. The predicted octanol–water partition coefficient (Wildman–Crippen LogP) is 6.13. The minimum Gasteiger partial charge on any atom is -0.492 e. The van der Waals surface area contributed by atoms with Crippen LogP contribution in [-0.2, 0) is 0 Å². The second-order valence-corrected chi connectivity index (χ2v) is 7.85. The van der Waals surface area contributed by atoms with E-state index in [0.29, 0.717) is 6.04 Å². The Kier molecular flexibility index (Phi) is 5.28. The first-order valence-corrected chi connectivity index (χ1v) is 10.2. The van der Waals surface area contributed by atoms with Crippen molar-refractivity contribution in [2.75, 3.05) is 19.7 Å². The molecule has 0 bridgehead atoms. The fourth-order valence-electron chi connectivity index (χ4n) is 3.93. The van der Waals surface area contributed by atoms with Crippen molar-refractivity contribution in [3.63, 3.8) is 0 Å². The van der Waals surface area contributed by atoms with E-state index in [2.05, 4.69) is 88.4 Å². The Morgan fingerprint density at radius 1 is 1.08 bits per heavy atom. The van der Waals surface area contributed by atoms with Crippen molar-refractivity contribution < 1.29 is 4.74 Å². The van der Waals surface area contributed by atoms with Crippen molar-refractivity contribution in [2.45, 2.75) is 25.8 Å². The van der Waals surface area contributed by atoms with Crippen molar-refractivity contribution in [2.24, 2.45) is 0 Å². The maximum Gasteiger partial charge on any atom is 0.120 e. The summed E-state index contributed by atoms with van der Waals surface area (Å²) < 4.78 is 7.25. The van der Waals surface area contributed by atoms with Gasteiger partial charge < -0.3 is 4.74 Å². The molecule has 1 aliphatic heterocycles. The van der Waals surface area contributed by atoms with Gasteiger partial charge in [0.25, 0.3) is 0 Å². The van der Waals surface area contributed by atoms with E-state index in [1.807, 2.05) is 0 Å². The summed E-state index contributed by atoms with van der Waals surface area (Å²) in [5.41, 5.74) is 2.49. The van der Waals surface area contributed by atoms with Crippen molar-refractivity contribution in [1.82, 2.24) is 4.90 Å². The molecule has 3 heteroatoms. The quantitative estimate of drug-likeness (QED) is 0.502. The van der Waals surface area contributed by atoms with Gasteiger partial charge in [-0.25, -0.2) is 0 Å². The number of nitrogens with zero attached hydrogens (tertiary/aromatic N) is 1. The molecule has 3 aromatic rings. The molecule has 0 amide bonds. The molecule has 0 aliphatic carbocycles. The standard InChI is InChI=1S/C23H24BrNO/c1-2-25-14-4-6-20(25)16-26-21-12-13-23-18(15-21)5-3-7-22(23)17-8-10-19(24)11-9-17/h3,5,7-13,15,20H,2,4,6,14,16H2,1H3. The number of rotatable bonds is 5. The number of ether oxygens (including phenoxy) is 1. The average molecular weight is 410 g/mol. The van der Waals surface area contributed by atoms with Gasteiger partial charge in [0.2, 0.25) is 0 Å². The summed E-state index contributed by atoms with van der Waals surface area (Å²) in [6, 6.07) is 22.0. The molecule has 2 nitrogen and oxygen atoms in total. The summed E-state index contributed by atoms with van der Waals surface area (Å²) in [6.45, 7) is 5.34. The third kappa shape index (κ3) is 3.65. The number of hydrogen-bond donors (Lipinski definition) is 0. The molecule has 26 heavy (non-hydrogen) atoms. The van der Waals surface area contributed by atoms with Crippen molar-refractivity contribution >= 4 is 26.7 Å². The van der Waals surface area contributed by atoms with Crippen LogP contribution in [0.4, 0.5) is 0 Å². The summed E-state index contributed by atoms with van der Waals surface area (Å²) in [7, 11) is 0. The summed E-state index contributed by atoms with van der Waals surface area (Å²) in [5, 5.41) is 2.49. The third-order valence-corrected chi connectivity index (χ3v) is 5.88. The third-order valence-electron chi connectivity index (χ3n) is 5.35. The Hall–Kier alpha value is -1.84. The summed E-state index contributed by atoms with van der Waals surface area (Å²) in [6.07, 6.45) is 2.53. The van der Waals surface area contributed by atoms with Crippen molar-refractivity contribution in [3.05, 3.63) is 65.1 Å². The highest BCUT2D eigenvalue weighted by atomic mass is 79.9. The van der Waals surface area contributed by atoms with E-state index >= 15 is 0 Å². The second kappa shape index (κ2) is 7.81. The van der Waals surface area contributed by atoms with Gasteiger partial charge in [0.15, 0.2) is 0 Å². The maximum absolute atomic E-state index is 6.14. The van der Waals surface area contributed by atoms with Crippen LogP contribution in [0.2, 0.25) is 0 Å². The second-order valence-electron chi connectivity index (χ2n) is 6.93. The van der Waals surface area contributed by atoms with Gasteiger partial charge >= 0.3 is 0 Å². The minimum atomic E-state index is 0.560. The molecule has 4 rings (SSSR count). The fourth-order valence-corrected chi connectivity index (χ4v) is 4.19. The molecule has 1 unspecified atom stereocenters. The first kappa shape index (κ1) is 17.6. The zero-order chi connectivity index (χ0) is 17.9. The molecule has 1 saturated heterocycles. The normalized spacial score (nSPS) is 17.7. The monoisotopic (exact) mass is 409 g/mol. The van der Waals surface area contributed by atoms with E-state index < -0.39 is 0 Å². The van der Waals surface area contributed by atoms with Crippen LogP contribution >= 0.6 is 15.9 Å². The molecular weight excluding hydrogens is 386 g/mol. The first-order chi connectivity index (χ1) is 12.7. The van der Waals surface area contributed by atoms with Crippen molar-refractivity contribution in [3.8, 4) is 16.9 Å². The van der Waals surface area contributed by atoms with Crippen LogP contribution in [0.3, 0.4) is 0 Å². The smallest absolute Gasteiger partial charge is 0.120 e. The van der Waals surface area contributed by atoms with Gasteiger partial charge in [0.1, 0.15) is 12.4 Å². The number of halogens is 1. The van der Waals surface area contributed by atoms with Gasteiger partial charge in [-0.1, -0.05) is 59.3 Å². The Balaban J connectivity index is 1.57. The number of likely N-dealkylation sites (N-methyl/N-ethyl adjacent to an activating group) is 1. The van der Waals surface area contributed by atoms with Crippen LogP contribution in [0.1, 0.15) is 19.8 Å². The lowest BCUT2D eigenvalue weighted by atomic mass is 9.98. The zero-order valence-electron chi connectivity index (χ0n) is 15.1. The molecule has 0 saturated carbocycles. The van der Waals surface area contributed by atoms with E-state index in [1.165, 1.54) is 41.3 Å². The number of fused-ring (bicyclic) bond motifs is 1. The molecular formula is C23H24BrNO. The molecule has 0 N–H and O–H groups in total. The first-order valence-electron chi connectivity index (χ1n) is 9.40. The molecule has 3 aromatic carbocycles. The van der Waals surface area contributed by atoms with Gasteiger partial charge in [-0.15, -0.1) is 0 Å². The van der Waals surface area contributed by atoms with Gasteiger partial charge in [-0.3, -0.25) is 4.90 Å². The fraction of sp³-hybridized carbons (Fsp3) is 0.304. The molecule has 0 aromatic heterocycles. The van der Waals surface area contributed by atoms with E-state index in [-0.39, 0.29) is 0 Å². The Labute approximate surface area is 163 Å². The van der Waals surface area contributed by atoms with E-state index in [9.17, 15) is 0 Å². The highest BCUT2D eigenvalue weighted by Gasteiger charge is 2.23. The predicted molar refractivity (Wildman–Crippen MR) is 113 cm³/mol. The highest BCUT2D eigenvalue weighted by Crippen LogP contribution is 2.32. The van der Waals surface area contributed by atoms with E-state index in [4.69, 9.17) is 4.74 Å². The molecule has 1 atom stereocenters. The Morgan fingerprint density at radius 3 is 2.73 bits per heavy atom. The minimum absolute atomic E-state index is 0.560. The number of likely N-dealkylation sites (tertiary alicyclic amines) is 1. The summed E-state index contributed by atoms with van der Waals surface area (Å²) in [5.74, 6) is 0.966. The molecule has 0 radical (unpaired) electrons. The molecule has 1 heterocycles. The lowest BCUT2D eigenvalue weighted by Crippen LogP contribution is -2.33. The number of benzene rings is 3. The molecule has 0 spiro atoms. The maximum atomic E-state index is 6.14. The van der Waals surface area contributed by atoms with Crippen LogP contribution in [0.5, 0.6) is 5.75 Å². The van der Waals surface area contributed by atoms with Gasteiger partial charge in [-0.2, -0.15) is 0 Å². The summed E-state index contributed by atoms with van der Waals surface area (Å²) >= 11 is 3.51. The lowest BCUT2D eigenvalue weighted by molar-refractivity contribution is 0.179. The average Bonchev–Trinajstić information content (AvgIpc) is 3.14. The Bertz CT molecular complexity index is 890. The SMILES string of the molecule is CCN1CCCC1COc1ccc2c(-c3ccc(Br)cc3)cccc2c1. The summed E-state index contributed by atoms with van der Waals surface area (Å²) in [4.78, 5) is 2.52. The zero-order valence-corrected chi connectivity index (χ0v) is 16.7. The molecule has 1 fully saturated rings. The van der Waals surface area contributed by atoms with E-state index in [1.54, 1.807) is 0 Å². The van der Waals surface area contributed by atoms with Crippen LogP contribution in [-0.4, -0.2) is 30.6 Å². The van der Waals surface area contributed by atoms with Crippen LogP contribution in [0, 0.1) is 0 Å². The molecule has 1 aliphatic rings.